The second-order valence-corrected chi connectivity index (χ2v) is 6.07. The molecule has 2 aromatic rings. The van der Waals surface area contributed by atoms with Crippen LogP contribution < -0.4 is 10.2 Å². The van der Waals surface area contributed by atoms with Crippen LogP contribution in [0.3, 0.4) is 0 Å². The Labute approximate surface area is 157 Å². The van der Waals surface area contributed by atoms with Crippen LogP contribution in [0.2, 0.25) is 0 Å². The summed E-state index contributed by atoms with van der Waals surface area (Å²) >= 11 is 0. The number of nitrogens with one attached hydrogen (secondary N) is 1. The van der Waals surface area contributed by atoms with Gasteiger partial charge in [0.25, 0.3) is 5.69 Å². The smallest absolute Gasteiger partial charge is 0.318 e. The van der Waals surface area contributed by atoms with Gasteiger partial charge in [0.1, 0.15) is 0 Å². The van der Waals surface area contributed by atoms with Gasteiger partial charge in [0.15, 0.2) is 0 Å². The van der Waals surface area contributed by atoms with Crippen LogP contribution in [-0.2, 0) is 0 Å². The minimum Gasteiger partial charge on any atom is -0.368 e. The SMILES string of the molecule is O=C(NCC#Cc1ccccc1)N1CCN(c2ccc([N+](=O)[O-])cc2)CC1. The summed E-state index contributed by atoms with van der Waals surface area (Å²) in [6.07, 6.45) is 0. The molecular weight excluding hydrogens is 344 g/mol. The Morgan fingerprint density at radius 1 is 1.04 bits per heavy atom. The molecule has 2 amide bonds. The number of nitrogens with zero attached hydrogens (tertiary/aromatic N) is 3. The Kier molecular flexibility index (Phi) is 5.90. The molecule has 1 saturated heterocycles. The van der Waals surface area contributed by atoms with E-state index in [0.29, 0.717) is 32.7 Å². The first-order valence-corrected chi connectivity index (χ1v) is 8.69. The number of nitro benzene ring substituents is 1. The van der Waals surface area contributed by atoms with Crippen molar-refractivity contribution in [2.75, 3.05) is 37.6 Å². The number of hydrogen-bond donors (Lipinski definition) is 1. The van der Waals surface area contributed by atoms with E-state index in [1.165, 1.54) is 12.1 Å². The van der Waals surface area contributed by atoms with Crippen molar-refractivity contribution in [2.45, 2.75) is 0 Å². The standard InChI is InChI=1S/C20H20N4O3/c25-20(21-12-4-7-17-5-2-1-3-6-17)23-15-13-22(14-16-23)18-8-10-19(11-9-18)24(26)27/h1-3,5-6,8-11H,12-16H2,(H,21,25). The number of hydrogen-bond acceptors (Lipinski definition) is 4. The molecule has 7 heteroatoms. The van der Waals surface area contributed by atoms with Crippen LogP contribution in [0.15, 0.2) is 54.6 Å². The number of carbonyl (C=O) groups is 1. The zero-order valence-electron chi connectivity index (χ0n) is 14.8. The largest absolute Gasteiger partial charge is 0.368 e. The van der Waals surface area contributed by atoms with E-state index in [1.54, 1.807) is 17.0 Å². The van der Waals surface area contributed by atoms with E-state index >= 15 is 0 Å². The van der Waals surface area contributed by atoms with E-state index < -0.39 is 4.92 Å². The van der Waals surface area contributed by atoms with Gasteiger partial charge in [0.05, 0.1) is 11.5 Å². The number of rotatable bonds is 3. The van der Waals surface area contributed by atoms with Crippen LogP contribution in [0.1, 0.15) is 5.56 Å². The quantitative estimate of drug-likeness (QED) is 0.516. The molecule has 0 radical (unpaired) electrons. The third-order valence-corrected chi connectivity index (χ3v) is 4.33. The summed E-state index contributed by atoms with van der Waals surface area (Å²) in [7, 11) is 0. The molecule has 0 saturated carbocycles. The Morgan fingerprint density at radius 2 is 1.70 bits per heavy atom. The summed E-state index contributed by atoms with van der Waals surface area (Å²) in [6.45, 7) is 2.85. The maximum atomic E-state index is 12.2. The van der Waals surface area contributed by atoms with Crippen LogP contribution >= 0.6 is 0 Å². The lowest BCUT2D eigenvalue weighted by Crippen LogP contribution is -2.51. The van der Waals surface area contributed by atoms with Gasteiger partial charge in [-0.15, -0.1) is 0 Å². The highest BCUT2D eigenvalue weighted by molar-refractivity contribution is 5.75. The monoisotopic (exact) mass is 364 g/mol. The van der Waals surface area contributed by atoms with Crippen molar-refractivity contribution in [1.29, 1.82) is 0 Å². The molecule has 2 aromatic carbocycles. The van der Waals surface area contributed by atoms with Crippen molar-refractivity contribution in [3.8, 4) is 11.8 Å². The van der Waals surface area contributed by atoms with Gasteiger partial charge < -0.3 is 15.1 Å². The predicted octanol–water partition coefficient (Wildman–Crippen LogP) is 2.48. The van der Waals surface area contributed by atoms with Crippen molar-refractivity contribution in [3.63, 3.8) is 0 Å². The van der Waals surface area contributed by atoms with Crippen molar-refractivity contribution in [2.24, 2.45) is 0 Å². The van der Waals surface area contributed by atoms with Crippen molar-refractivity contribution in [3.05, 3.63) is 70.3 Å². The van der Waals surface area contributed by atoms with Crippen LogP contribution in [-0.4, -0.2) is 48.6 Å². The van der Waals surface area contributed by atoms with Gasteiger partial charge in [-0.05, 0) is 24.3 Å². The molecule has 7 nitrogen and oxygen atoms in total. The molecule has 1 heterocycles. The molecule has 0 aromatic heterocycles. The number of piperazine rings is 1. The molecule has 138 valence electrons. The zero-order chi connectivity index (χ0) is 19.1. The lowest BCUT2D eigenvalue weighted by molar-refractivity contribution is -0.384. The van der Waals surface area contributed by atoms with Crippen molar-refractivity contribution < 1.29 is 9.72 Å². The number of urea groups is 1. The first-order valence-electron chi connectivity index (χ1n) is 8.69. The average Bonchev–Trinajstić information content (AvgIpc) is 2.72. The predicted molar refractivity (Wildman–Crippen MR) is 104 cm³/mol. The molecule has 0 aliphatic carbocycles. The van der Waals surface area contributed by atoms with Crippen LogP contribution in [0.5, 0.6) is 0 Å². The van der Waals surface area contributed by atoms with Gasteiger partial charge in [-0.1, -0.05) is 30.0 Å². The van der Waals surface area contributed by atoms with Crippen LogP contribution in [0.25, 0.3) is 0 Å². The van der Waals surface area contributed by atoms with Gasteiger partial charge in [-0.3, -0.25) is 10.1 Å². The Hall–Kier alpha value is -3.53. The second kappa shape index (κ2) is 8.72. The summed E-state index contributed by atoms with van der Waals surface area (Å²) in [5.41, 5.74) is 1.92. The first kappa shape index (κ1) is 18.3. The molecule has 1 fully saturated rings. The third kappa shape index (κ3) is 4.98. The number of nitro groups is 1. The molecule has 1 aliphatic rings. The lowest BCUT2D eigenvalue weighted by atomic mass is 10.2. The molecule has 27 heavy (non-hydrogen) atoms. The molecule has 0 bridgehead atoms. The average molecular weight is 364 g/mol. The van der Waals surface area contributed by atoms with Crippen LogP contribution in [0, 0.1) is 22.0 Å². The van der Waals surface area contributed by atoms with E-state index in [-0.39, 0.29) is 11.7 Å². The van der Waals surface area contributed by atoms with E-state index in [4.69, 9.17) is 0 Å². The second-order valence-electron chi connectivity index (χ2n) is 6.07. The molecule has 1 N–H and O–H groups in total. The van der Waals surface area contributed by atoms with E-state index in [1.807, 2.05) is 30.3 Å². The van der Waals surface area contributed by atoms with Gasteiger partial charge >= 0.3 is 6.03 Å². The zero-order valence-corrected chi connectivity index (χ0v) is 14.8. The van der Waals surface area contributed by atoms with E-state index in [2.05, 4.69) is 22.1 Å². The summed E-state index contributed by atoms with van der Waals surface area (Å²) in [5, 5.41) is 13.5. The van der Waals surface area contributed by atoms with Gasteiger partial charge in [-0.2, -0.15) is 0 Å². The maximum Gasteiger partial charge on any atom is 0.318 e. The summed E-state index contributed by atoms with van der Waals surface area (Å²) < 4.78 is 0. The number of amides is 2. The maximum absolute atomic E-state index is 12.2. The fourth-order valence-corrected chi connectivity index (χ4v) is 2.85. The molecule has 0 unspecified atom stereocenters. The molecule has 3 rings (SSSR count). The summed E-state index contributed by atoms with van der Waals surface area (Å²) in [5.74, 6) is 5.95. The number of non-ortho nitro benzene ring substituents is 1. The van der Waals surface area contributed by atoms with Gasteiger partial charge in [0.2, 0.25) is 0 Å². The van der Waals surface area contributed by atoms with Gasteiger partial charge in [0, 0.05) is 49.6 Å². The molecule has 0 atom stereocenters. The van der Waals surface area contributed by atoms with Gasteiger partial charge in [-0.25, -0.2) is 4.79 Å². The fourth-order valence-electron chi connectivity index (χ4n) is 2.85. The summed E-state index contributed by atoms with van der Waals surface area (Å²) in [4.78, 5) is 26.4. The van der Waals surface area contributed by atoms with E-state index in [9.17, 15) is 14.9 Å². The lowest BCUT2D eigenvalue weighted by Gasteiger charge is -2.35. The van der Waals surface area contributed by atoms with Crippen LogP contribution in [0.4, 0.5) is 16.2 Å². The third-order valence-electron chi connectivity index (χ3n) is 4.33. The highest BCUT2D eigenvalue weighted by Gasteiger charge is 2.21. The number of benzene rings is 2. The van der Waals surface area contributed by atoms with Crippen molar-refractivity contribution in [1.82, 2.24) is 10.2 Å². The number of anilines is 1. The highest BCUT2D eigenvalue weighted by Crippen LogP contribution is 2.20. The molecule has 0 spiro atoms. The Balaban J connectivity index is 1.45. The Morgan fingerprint density at radius 3 is 2.33 bits per heavy atom. The minimum atomic E-state index is -0.410. The molecule has 1 aliphatic heterocycles. The topological polar surface area (TPSA) is 78.7 Å². The Bertz CT molecular complexity index is 848. The minimum absolute atomic E-state index is 0.0772. The normalized spacial score (nSPS) is 13.5. The van der Waals surface area contributed by atoms with E-state index in [0.717, 1.165) is 11.3 Å². The first-order chi connectivity index (χ1) is 13.1. The van der Waals surface area contributed by atoms with Crippen molar-refractivity contribution >= 4 is 17.4 Å². The summed E-state index contributed by atoms with van der Waals surface area (Å²) in [6, 6.07) is 16.0. The molecular formula is C20H20N4O3. The fraction of sp³-hybridized carbons (Fsp3) is 0.250. The highest BCUT2D eigenvalue weighted by atomic mass is 16.6. The number of carbonyl (C=O) groups excluding carboxylic acids is 1.